The van der Waals surface area contributed by atoms with Gasteiger partial charge in [0.25, 0.3) is 5.91 Å². The Bertz CT molecular complexity index is 521. The molecule has 0 saturated heterocycles. The predicted octanol–water partition coefficient (Wildman–Crippen LogP) is 3.21. The molecular weight excluding hydrogens is 285 g/mol. The van der Waals surface area contributed by atoms with E-state index in [0.29, 0.717) is 6.54 Å². The van der Waals surface area contributed by atoms with E-state index in [0.717, 1.165) is 12.1 Å². The molecule has 0 saturated carbocycles. The number of hydrogen-bond donors (Lipinski definition) is 0. The lowest BCUT2D eigenvalue weighted by molar-refractivity contribution is -0.274. The first kappa shape index (κ1) is 16.8. The summed E-state index contributed by atoms with van der Waals surface area (Å²) in [6, 6.07) is 6.74. The molecule has 1 atom stereocenters. The number of hydrogen-bond acceptors (Lipinski definition) is 3. The molecule has 1 amide bonds. The lowest BCUT2D eigenvalue weighted by Gasteiger charge is -2.22. The molecule has 1 aromatic rings. The maximum Gasteiger partial charge on any atom is 0.573 e. The minimum Gasteiger partial charge on any atom is -0.406 e. The summed E-state index contributed by atoms with van der Waals surface area (Å²) in [7, 11) is 0. The highest BCUT2D eigenvalue weighted by molar-refractivity contribution is 5.94. The molecule has 0 radical (unpaired) electrons. The second kappa shape index (κ2) is 6.97. The van der Waals surface area contributed by atoms with Gasteiger partial charge in [0.05, 0.1) is 12.0 Å². The number of nitrogens with zero attached hydrogens (tertiary/aromatic N) is 2. The third-order valence-corrected chi connectivity index (χ3v) is 2.72. The van der Waals surface area contributed by atoms with E-state index in [1.807, 2.05) is 6.07 Å². The van der Waals surface area contributed by atoms with Gasteiger partial charge in [-0.2, -0.15) is 5.26 Å². The highest BCUT2D eigenvalue weighted by Crippen LogP contribution is 2.23. The highest BCUT2D eigenvalue weighted by atomic mass is 19.4. The van der Waals surface area contributed by atoms with E-state index in [1.54, 1.807) is 13.8 Å². The van der Waals surface area contributed by atoms with E-state index >= 15 is 0 Å². The van der Waals surface area contributed by atoms with Crippen molar-refractivity contribution in [3.8, 4) is 11.8 Å². The van der Waals surface area contributed by atoms with Crippen LogP contribution in [0.25, 0.3) is 0 Å². The van der Waals surface area contributed by atoms with Crippen molar-refractivity contribution < 1.29 is 22.7 Å². The fraction of sp³-hybridized carbons (Fsp3) is 0.429. The Morgan fingerprint density at radius 3 is 2.38 bits per heavy atom. The Hall–Kier alpha value is -2.23. The van der Waals surface area contributed by atoms with Gasteiger partial charge in [0.1, 0.15) is 5.75 Å². The van der Waals surface area contributed by atoms with Gasteiger partial charge in [-0.1, -0.05) is 0 Å². The molecule has 0 spiro atoms. The summed E-state index contributed by atoms with van der Waals surface area (Å²) in [6.45, 7) is 4.14. The summed E-state index contributed by atoms with van der Waals surface area (Å²) in [5.74, 6) is -1.03. The molecule has 0 aromatic heterocycles. The van der Waals surface area contributed by atoms with E-state index in [4.69, 9.17) is 5.26 Å². The first-order valence-electron chi connectivity index (χ1n) is 6.31. The molecule has 1 rings (SSSR count). The third kappa shape index (κ3) is 5.34. The largest absolute Gasteiger partial charge is 0.573 e. The normalized spacial score (nSPS) is 12.4. The quantitative estimate of drug-likeness (QED) is 0.839. The van der Waals surface area contributed by atoms with Crippen molar-refractivity contribution in [1.82, 2.24) is 4.90 Å². The smallest absolute Gasteiger partial charge is 0.406 e. The van der Waals surface area contributed by atoms with Gasteiger partial charge in [-0.3, -0.25) is 4.79 Å². The maximum atomic E-state index is 12.2. The Morgan fingerprint density at radius 2 is 1.95 bits per heavy atom. The van der Waals surface area contributed by atoms with E-state index in [-0.39, 0.29) is 29.7 Å². The maximum absolute atomic E-state index is 12.2. The van der Waals surface area contributed by atoms with Crippen LogP contribution in [-0.2, 0) is 0 Å². The topological polar surface area (TPSA) is 53.3 Å². The van der Waals surface area contributed by atoms with Gasteiger partial charge in [-0.05, 0) is 38.1 Å². The average Bonchev–Trinajstić information content (AvgIpc) is 2.42. The zero-order chi connectivity index (χ0) is 16.0. The number of amides is 1. The summed E-state index contributed by atoms with van der Waals surface area (Å²) in [6.07, 6.45) is -4.76. The molecule has 0 aliphatic rings. The molecule has 114 valence electrons. The molecule has 0 aliphatic heterocycles. The number of ether oxygens (including phenoxy) is 1. The van der Waals surface area contributed by atoms with Gasteiger partial charge >= 0.3 is 6.36 Å². The summed E-state index contributed by atoms with van der Waals surface area (Å²) >= 11 is 0. The van der Waals surface area contributed by atoms with Gasteiger partial charge in [0.2, 0.25) is 0 Å². The van der Waals surface area contributed by atoms with E-state index < -0.39 is 6.36 Å². The second-order valence-corrected chi connectivity index (χ2v) is 4.45. The fourth-order valence-corrected chi connectivity index (χ4v) is 1.71. The van der Waals surface area contributed by atoms with Crippen LogP contribution in [0.5, 0.6) is 5.75 Å². The van der Waals surface area contributed by atoms with Gasteiger partial charge in [-0.15, -0.1) is 13.2 Å². The second-order valence-electron chi connectivity index (χ2n) is 4.45. The number of rotatable bonds is 5. The third-order valence-electron chi connectivity index (χ3n) is 2.72. The van der Waals surface area contributed by atoms with Crippen LogP contribution < -0.4 is 4.74 Å². The monoisotopic (exact) mass is 300 g/mol. The van der Waals surface area contributed by atoms with Crippen LogP contribution in [0.2, 0.25) is 0 Å². The predicted molar refractivity (Wildman–Crippen MR) is 69.5 cm³/mol. The van der Waals surface area contributed by atoms with Gasteiger partial charge < -0.3 is 9.64 Å². The molecule has 1 aromatic carbocycles. The Balaban J connectivity index is 2.80. The molecule has 0 bridgehead atoms. The summed E-state index contributed by atoms with van der Waals surface area (Å²) in [5, 5.41) is 8.77. The number of halogens is 3. The molecule has 1 unspecified atom stereocenters. The summed E-state index contributed by atoms with van der Waals surface area (Å²) in [4.78, 5) is 13.6. The molecule has 0 fully saturated rings. The number of carbonyl (C=O) groups excluding carboxylic acids is 1. The zero-order valence-electron chi connectivity index (χ0n) is 11.6. The fourth-order valence-electron chi connectivity index (χ4n) is 1.71. The molecule has 4 nitrogen and oxygen atoms in total. The highest BCUT2D eigenvalue weighted by Gasteiger charge is 2.31. The van der Waals surface area contributed by atoms with Crippen LogP contribution in [0.15, 0.2) is 24.3 Å². The van der Waals surface area contributed by atoms with Crippen molar-refractivity contribution in [2.45, 2.75) is 20.2 Å². The lowest BCUT2D eigenvalue weighted by Crippen LogP contribution is -2.34. The van der Waals surface area contributed by atoms with Crippen molar-refractivity contribution in [2.75, 3.05) is 13.1 Å². The molecule has 0 aliphatic carbocycles. The number of benzene rings is 1. The number of carbonyl (C=O) groups is 1. The van der Waals surface area contributed by atoms with Crippen LogP contribution in [0, 0.1) is 17.2 Å². The minimum absolute atomic E-state index is 0.247. The molecule has 0 N–H and O–H groups in total. The standard InChI is InChI=1S/C14H15F3N2O2/c1-3-19(9-10(2)8-18)13(20)11-4-6-12(7-5-11)21-14(15,16)17/h4-7,10H,3,9H2,1-2H3. The zero-order valence-corrected chi connectivity index (χ0v) is 11.6. The first-order valence-corrected chi connectivity index (χ1v) is 6.31. The van der Waals surface area contributed by atoms with E-state index in [2.05, 4.69) is 4.74 Å². The molecule has 21 heavy (non-hydrogen) atoms. The molecule has 7 heteroatoms. The Labute approximate surface area is 120 Å². The van der Waals surface area contributed by atoms with Crippen LogP contribution in [-0.4, -0.2) is 30.3 Å². The Kier molecular flexibility index (Phi) is 5.59. The SMILES string of the molecule is CCN(CC(C)C#N)C(=O)c1ccc(OC(F)(F)F)cc1. The Morgan fingerprint density at radius 1 is 1.38 bits per heavy atom. The number of nitriles is 1. The van der Waals surface area contributed by atoms with Crippen molar-refractivity contribution in [2.24, 2.45) is 5.92 Å². The van der Waals surface area contributed by atoms with Gasteiger partial charge in [0.15, 0.2) is 0 Å². The van der Waals surface area contributed by atoms with Gasteiger partial charge in [-0.25, -0.2) is 0 Å². The lowest BCUT2D eigenvalue weighted by atomic mass is 10.1. The van der Waals surface area contributed by atoms with Crippen LogP contribution >= 0.6 is 0 Å². The van der Waals surface area contributed by atoms with Crippen LogP contribution in [0.4, 0.5) is 13.2 Å². The molecular formula is C14H15F3N2O2. The van der Waals surface area contributed by atoms with Crippen LogP contribution in [0.3, 0.4) is 0 Å². The number of alkyl halides is 3. The van der Waals surface area contributed by atoms with Crippen molar-refractivity contribution in [3.05, 3.63) is 29.8 Å². The molecule has 0 heterocycles. The first-order chi connectivity index (χ1) is 9.76. The van der Waals surface area contributed by atoms with Crippen molar-refractivity contribution in [1.29, 1.82) is 5.26 Å². The van der Waals surface area contributed by atoms with Gasteiger partial charge in [0, 0.05) is 18.7 Å². The minimum atomic E-state index is -4.76. The summed E-state index contributed by atoms with van der Waals surface area (Å²) < 4.78 is 39.9. The summed E-state index contributed by atoms with van der Waals surface area (Å²) in [5.41, 5.74) is 0.247. The van der Waals surface area contributed by atoms with E-state index in [9.17, 15) is 18.0 Å². The average molecular weight is 300 g/mol. The van der Waals surface area contributed by atoms with Crippen molar-refractivity contribution >= 4 is 5.91 Å². The van der Waals surface area contributed by atoms with Crippen LogP contribution in [0.1, 0.15) is 24.2 Å². The van der Waals surface area contributed by atoms with E-state index in [1.165, 1.54) is 17.0 Å². The van der Waals surface area contributed by atoms with Crippen molar-refractivity contribution in [3.63, 3.8) is 0 Å².